The molecule has 2 saturated carbocycles. The van der Waals surface area contributed by atoms with E-state index in [1.54, 1.807) is 6.92 Å². The van der Waals surface area contributed by atoms with Crippen LogP contribution in [0.2, 0.25) is 0 Å². The molecule has 198 valence electrons. The molecule has 0 radical (unpaired) electrons. The minimum Gasteiger partial charge on any atom is -0.507 e. The zero-order valence-corrected chi connectivity index (χ0v) is 21.3. The Kier molecular flexibility index (Phi) is 6.96. The van der Waals surface area contributed by atoms with Crippen LogP contribution in [0.15, 0.2) is 47.8 Å². The monoisotopic (exact) mass is 508 g/mol. The van der Waals surface area contributed by atoms with Crippen LogP contribution in [-0.2, 0) is 19.2 Å². The summed E-state index contributed by atoms with van der Waals surface area (Å²) in [6.07, 6.45) is 12.7. The molecule has 1 saturated heterocycles. The molecule has 10 atom stereocenters. The molecule has 2 bridgehead atoms. The van der Waals surface area contributed by atoms with Crippen LogP contribution in [0.4, 0.5) is 0 Å². The normalized spacial score (nSPS) is 43.5. The number of Topliss-reactive ketones (excluding diaryl/α,β-unsaturated/α-hetero) is 2. The van der Waals surface area contributed by atoms with Crippen LogP contribution in [0.5, 0.6) is 0 Å². The summed E-state index contributed by atoms with van der Waals surface area (Å²) in [5.74, 6) is 0.217. The van der Waals surface area contributed by atoms with Gasteiger partial charge in [-0.2, -0.15) is 0 Å². The maximum absolute atomic E-state index is 12.8. The fourth-order valence-corrected chi connectivity index (χ4v) is 7.84. The van der Waals surface area contributed by atoms with E-state index in [2.05, 4.69) is 29.7 Å². The van der Waals surface area contributed by atoms with E-state index in [1.807, 2.05) is 12.2 Å². The molecular formula is C29H36N2O6. The minimum absolute atomic E-state index is 0.0530. The van der Waals surface area contributed by atoms with E-state index in [9.17, 15) is 29.4 Å². The summed E-state index contributed by atoms with van der Waals surface area (Å²) in [5.41, 5.74) is -0.336. The number of aliphatic hydroxyl groups is 2. The van der Waals surface area contributed by atoms with E-state index in [4.69, 9.17) is 0 Å². The Labute approximate surface area is 217 Å². The molecule has 4 N–H and O–H groups in total. The van der Waals surface area contributed by atoms with Gasteiger partial charge in [-0.3, -0.25) is 19.2 Å². The van der Waals surface area contributed by atoms with E-state index in [0.29, 0.717) is 24.2 Å². The van der Waals surface area contributed by atoms with Gasteiger partial charge in [-0.05, 0) is 86.2 Å². The van der Waals surface area contributed by atoms with Crippen molar-refractivity contribution in [2.24, 2.45) is 47.3 Å². The lowest BCUT2D eigenvalue weighted by Gasteiger charge is -2.35. The molecule has 3 fully saturated rings. The van der Waals surface area contributed by atoms with E-state index >= 15 is 0 Å². The highest BCUT2D eigenvalue weighted by atomic mass is 16.3. The second kappa shape index (κ2) is 10.0. The first-order chi connectivity index (χ1) is 17.7. The molecule has 8 heteroatoms. The van der Waals surface area contributed by atoms with Crippen molar-refractivity contribution in [3.8, 4) is 0 Å². The molecule has 5 aliphatic rings. The summed E-state index contributed by atoms with van der Waals surface area (Å²) in [4.78, 5) is 50.1. The summed E-state index contributed by atoms with van der Waals surface area (Å²) in [5, 5.41) is 26.3. The van der Waals surface area contributed by atoms with Crippen molar-refractivity contribution in [3.05, 3.63) is 47.8 Å². The largest absolute Gasteiger partial charge is 0.507 e. The number of allylic oxidation sites excluding steroid dienone is 5. The third-order valence-corrected chi connectivity index (χ3v) is 9.43. The Morgan fingerprint density at radius 3 is 2.49 bits per heavy atom. The molecule has 2 amide bonds. The highest BCUT2D eigenvalue weighted by Crippen LogP contribution is 2.58. The molecule has 2 aliphatic heterocycles. The summed E-state index contributed by atoms with van der Waals surface area (Å²) in [6.45, 7) is 4.01. The first kappa shape index (κ1) is 25.6. The Morgan fingerprint density at radius 2 is 1.73 bits per heavy atom. The second-order valence-electron chi connectivity index (χ2n) is 11.5. The van der Waals surface area contributed by atoms with Gasteiger partial charge >= 0.3 is 0 Å². The predicted molar refractivity (Wildman–Crippen MR) is 136 cm³/mol. The summed E-state index contributed by atoms with van der Waals surface area (Å²) in [7, 11) is 0. The highest BCUT2D eigenvalue weighted by Gasteiger charge is 2.53. The van der Waals surface area contributed by atoms with Gasteiger partial charge in [-0.15, -0.1) is 0 Å². The first-order valence-electron chi connectivity index (χ1n) is 13.4. The second-order valence-corrected chi connectivity index (χ2v) is 11.5. The van der Waals surface area contributed by atoms with Crippen LogP contribution >= 0.6 is 0 Å². The quantitative estimate of drug-likeness (QED) is 0.317. The summed E-state index contributed by atoms with van der Waals surface area (Å²) in [6, 6.07) is -1.15. The number of fused-ring (bicyclic) bond motifs is 7. The average molecular weight is 509 g/mol. The van der Waals surface area contributed by atoms with Crippen molar-refractivity contribution in [2.45, 2.75) is 51.7 Å². The van der Waals surface area contributed by atoms with E-state index in [0.717, 1.165) is 12.8 Å². The van der Waals surface area contributed by atoms with Crippen molar-refractivity contribution in [2.75, 3.05) is 6.54 Å². The third kappa shape index (κ3) is 4.60. The number of amides is 2. The summed E-state index contributed by atoms with van der Waals surface area (Å²) < 4.78 is 0. The van der Waals surface area contributed by atoms with Crippen LogP contribution in [0.25, 0.3) is 0 Å². The Hall–Kier alpha value is -3.00. The number of carbonyl (C=O) groups excluding carboxylic acids is 4. The first-order valence-corrected chi connectivity index (χ1v) is 13.4. The van der Waals surface area contributed by atoms with Gasteiger partial charge in [0.25, 0.3) is 5.91 Å². The van der Waals surface area contributed by atoms with Crippen molar-refractivity contribution in [3.63, 3.8) is 0 Å². The van der Waals surface area contributed by atoms with Crippen LogP contribution in [-0.4, -0.2) is 52.3 Å². The molecule has 37 heavy (non-hydrogen) atoms. The van der Waals surface area contributed by atoms with Crippen molar-refractivity contribution < 1.29 is 29.4 Å². The van der Waals surface area contributed by atoms with E-state index < -0.39 is 23.8 Å². The topological polar surface area (TPSA) is 133 Å². The number of ketones is 2. The molecule has 0 aromatic rings. The maximum atomic E-state index is 12.8. The molecule has 0 aromatic carbocycles. The molecule has 0 unspecified atom stereocenters. The van der Waals surface area contributed by atoms with E-state index in [-0.39, 0.29) is 65.6 Å². The number of rotatable bonds is 1. The molecular weight excluding hydrogens is 472 g/mol. The molecule has 2 heterocycles. The SMILES string of the molecule is CC(=O)[C@H]1[C@@H]2C=C[C@@H]3[C@H]4C/C=C\C(=O)NCC[C@H](O)[C@@H]5NC(=O)C(=C(O)/C=C/[C@@H]4C[C@@H]3[C@H]2C[C@H]1C)C5=O. The minimum atomic E-state index is -1.18. The van der Waals surface area contributed by atoms with Gasteiger partial charge in [0.2, 0.25) is 5.91 Å². The number of aliphatic hydroxyl groups excluding tert-OH is 2. The fourth-order valence-electron chi connectivity index (χ4n) is 7.84. The lowest BCUT2D eigenvalue weighted by atomic mass is 9.69. The van der Waals surface area contributed by atoms with Crippen molar-refractivity contribution in [1.82, 2.24) is 10.6 Å². The van der Waals surface area contributed by atoms with Crippen LogP contribution in [0.3, 0.4) is 0 Å². The number of hydrogen-bond acceptors (Lipinski definition) is 6. The van der Waals surface area contributed by atoms with Gasteiger partial charge in [0.15, 0.2) is 5.78 Å². The van der Waals surface area contributed by atoms with Crippen LogP contribution in [0, 0.1) is 47.3 Å². The van der Waals surface area contributed by atoms with Gasteiger partial charge in [0.05, 0.1) is 6.10 Å². The highest BCUT2D eigenvalue weighted by molar-refractivity contribution is 6.27. The molecule has 5 rings (SSSR count). The van der Waals surface area contributed by atoms with Crippen molar-refractivity contribution >= 4 is 23.4 Å². The lowest BCUT2D eigenvalue weighted by Crippen LogP contribution is -2.42. The van der Waals surface area contributed by atoms with Crippen molar-refractivity contribution in [1.29, 1.82) is 0 Å². The Bertz CT molecular complexity index is 1120. The fraction of sp³-hybridized carbons (Fsp3) is 0.586. The van der Waals surface area contributed by atoms with Gasteiger partial charge in [-0.1, -0.05) is 31.2 Å². The number of nitrogens with one attached hydrogen (secondary N) is 2. The lowest BCUT2D eigenvalue weighted by molar-refractivity contribution is -0.123. The zero-order chi connectivity index (χ0) is 26.4. The zero-order valence-electron chi connectivity index (χ0n) is 21.3. The van der Waals surface area contributed by atoms with Gasteiger partial charge in [0, 0.05) is 12.5 Å². The maximum Gasteiger partial charge on any atom is 0.259 e. The number of hydrogen-bond donors (Lipinski definition) is 4. The summed E-state index contributed by atoms with van der Waals surface area (Å²) >= 11 is 0. The van der Waals surface area contributed by atoms with Gasteiger partial charge in [-0.25, -0.2) is 0 Å². The Balaban J connectivity index is 1.47. The smallest absolute Gasteiger partial charge is 0.259 e. The Morgan fingerprint density at radius 1 is 1.00 bits per heavy atom. The van der Waals surface area contributed by atoms with Gasteiger partial charge < -0.3 is 20.8 Å². The molecule has 8 nitrogen and oxygen atoms in total. The number of carbonyl (C=O) groups is 4. The van der Waals surface area contributed by atoms with Crippen LogP contribution in [0.1, 0.15) is 39.5 Å². The van der Waals surface area contributed by atoms with Crippen LogP contribution < -0.4 is 10.6 Å². The molecule has 0 spiro atoms. The average Bonchev–Trinajstić information content (AvgIpc) is 3.47. The molecule has 3 aliphatic carbocycles. The van der Waals surface area contributed by atoms with Gasteiger partial charge in [0.1, 0.15) is 23.2 Å². The third-order valence-electron chi connectivity index (χ3n) is 9.43. The standard InChI is InChI=1S/C29H36N2O6/c1-14-12-20-19(25(14)15(2)32)8-7-18-17-4-3-5-24(35)30-11-10-23(34)27-28(36)26(29(37)31-27)22(33)9-6-16(17)13-21(18)20/h3,5-9,14,16-21,23,25,27,33-34H,4,10-13H2,1-2H3,(H,30,35)(H,31,37)/b5-3-,9-6+,26-22?/t14-,16-,17+,18-,19-,20+,21+,23+,25+,27+/m1/s1. The van der Waals surface area contributed by atoms with E-state index in [1.165, 1.54) is 12.2 Å². The molecule has 0 aromatic heterocycles. The predicted octanol–water partition coefficient (Wildman–Crippen LogP) is 2.16.